The van der Waals surface area contributed by atoms with Crippen LogP contribution < -0.4 is 20.8 Å². The smallest absolute Gasteiger partial charge is 0.260 e. The molecule has 0 N–H and O–H groups in total. The van der Waals surface area contributed by atoms with Crippen LogP contribution in [0.2, 0.25) is 0 Å². The Labute approximate surface area is 212 Å². The van der Waals surface area contributed by atoms with Gasteiger partial charge in [-0.1, -0.05) is 121 Å². The quantitative estimate of drug-likeness (QED) is 0.244. The number of amides is 1. The van der Waals surface area contributed by atoms with E-state index in [0.29, 0.717) is 11.3 Å². The zero-order chi connectivity index (χ0) is 24.8. The molecular formula is C32H27N2OP. The molecule has 0 aliphatic rings. The molecule has 0 aliphatic heterocycles. The molecule has 0 saturated carbocycles. The maximum absolute atomic E-state index is 13.7. The highest BCUT2D eigenvalue weighted by Crippen LogP contribution is 2.49. The fourth-order valence-corrected chi connectivity index (χ4v) is 7.95. The lowest BCUT2D eigenvalue weighted by Crippen LogP contribution is -2.27. The zero-order valence-electron chi connectivity index (χ0n) is 20.1. The van der Waals surface area contributed by atoms with Crippen molar-refractivity contribution in [2.45, 2.75) is 0 Å². The number of rotatable bonds is 6. The summed E-state index contributed by atoms with van der Waals surface area (Å²) in [7, 11) is -0.682. The molecule has 0 saturated heterocycles. The van der Waals surface area contributed by atoms with Gasteiger partial charge >= 0.3 is 0 Å². The first kappa shape index (κ1) is 23.5. The summed E-state index contributed by atoms with van der Waals surface area (Å²) in [5.74, 6) is -0.0900. The lowest BCUT2D eigenvalue weighted by atomic mass is 10.1. The van der Waals surface area contributed by atoms with Gasteiger partial charge in [0.25, 0.3) is 5.91 Å². The third-order valence-electron chi connectivity index (χ3n) is 6.23. The Balaban J connectivity index is 1.79. The number of carbonyl (C=O) groups is 1. The lowest BCUT2D eigenvalue weighted by molar-refractivity contribution is 0.0993. The molecule has 1 amide bonds. The van der Waals surface area contributed by atoms with E-state index in [1.165, 1.54) is 0 Å². The average molecular weight is 487 g/mol. The van der Waals surface area contributed by atoms with Gasteiger partial charge in [-0.3, -0.25) is 9.54 Å². The number of hydrogen-bond acceptors (Lipinski definition) is 2. The Morgan fingerprint density at radius 2 is 0.944 bits per heavy atom. The summed E-state index contributed by atoms with van der Waals surface area (Å²) in [6.07, 6.45) is 0. The molecular weight excluding hydrogens is 459 g/mol. The predicted octanol–water partition coefficient (Wildman–Crippen LogP) is 6.77. The monoisotopic (exact) mass is 486 g/mol. The molecule has 0 fully saturated rings. The number of nitrogens with zero attached hydrogens (tertiary/aromatic N) is 2. The zero-order valence-corrected chi connectivity index (χ0v) is 21.0. The van der Waals surface area contributed by atoms with Crippen molar-refractivity contribution >= 4 is 40.2 Å². The van der Waals surface area contributed by atoms with Crippen molar-refractivity contribution in [2.24, 2.45) is 4.74 Å². The first-order valence-electron chi connectivity index (χ1n) is 11.9. The largest absolute Gasteiger partial charge is 0.311 e. The van der Waals surface area contributed by atoms with Gasteiger partial charge < -0.3 is 4.90 Å². The molecule has 3 nitrogen and oxygen atoms in total. The minimum Gasteiger partial charge on any atom is -0.311 e. The number of hydrogen-bond donors (Lipinski definition) is 0. The number of benzene rings is 5. The molecule has 0 atom stereocenters. The molecule has 4 heteroatoms. The molecule has 5 aromatic carbocycles. The summed E-state index contributed by atoms with van der Waals surface area (Å²) in [6, 6.07) is 48.7. The first-order valence-corrected chi connectivity index (χ1v) is 13.7. The summed E-state index contributed by atoms with van der Waals surface area (Å²) >= 11 is 0. The Hall–Kier alpha value is -4.20. The van der Waals surface area contributed by atoms with Gasteiger partial charge in [0.05, 0.1) is 18.3 Å². The van der Waals surface area contributed by atoms with Gasteiger partial charge in [0.1, 0.15) is 0 Å². The van der Waals surface area contributed by atoms with E-state index in [1.54, 1.807) is 4.90 Å². The van der Waals surface area contributed by atoms with Crippen molar-refractivity contribution in [3.05, 3.63) is 151 Å². The van der Waals surface area contributed by atoms with Gasteiger partial charge in [-0.05, 0) is 24.3 Å². The summed E-state index contributed by atoms with van der Waals surface area (Å²) < 4.78 is 5.56. The number of carbonyl (C=O) groups excluding carboxylic acids is 1. The highest BCUT2D eigenvalue weighted by atomic mass is 31.2. The lowest BCUT2D eigenvalue weighted by Gasteiger charge is -2.27. The van der Waals surface area contributed by atoms with Gasteiger partial charge in [0.15, 0.2) is 0 Å². The average Bonchev–Trinajstić information content (AvgIpc) is 2.97. The van der Waals surface area contributed by atoms with E-state index in [1.807, 2.05) is 79.8 Å². The maximum Gasteiger partial charge on any atom is 0.260 e. The minimum atomic E-state index is -2.49. The number of para-hydroxylation sites is 1. The molecule has 0 bridgehead atoms. The summed E-state index contributed by atoms with van der Waals surface area (Å²) in [5, 5.41) is 3.42. The van der Waals surface area contributed by atoms with Crippen LogP contribution in [0.4, 0.5) is 11.4 Å². The van der Waals surface area contributed by atoms with Crippen LogP contribution in [0.3, 0.4) is 0 Å². The molecule has 36 heavy (non-hydrogen) atoms. The second-order valence-corrected chi connectivity index (χ2v) is 11.5. The van der Waals surface area contributed by atoms with Crippen LogP contribution in [0, 0.1) is 0 Å². The Bertz CT molecular complexity index is 1400. The maximum atomic E-state index is 13.7. The van der Waals surface area contributed by atoms with E-state index in [9.17, 15) is 4.79 Å². The highest BCUT2D eigenvalue weighted by molar-refractivity contribution is 7.87. The molecule has 0 radical (unpaired) electrons. The van der Waals surface area contributed by atoms with Crippen molar-refractivity contribution < 1.29 is 4.79 Å². The van der Waals surface area contributed by atoms with Gasteiger partial charge in [-0.2, -0.15) is 0 Å². The molecule has 0 unspecified atom stereocenters. The summed E-state index contributed by atoms with van der Waals surface area (Å²) in [4.78, 5) is 15.4. The molecule has 0 aliphatic carbocycles. The fraction of sp³-hybridized carbons (Fsp3) is 0.0312. The van der Waals surface area contributed by atoms with E-state index in [4.69, 9.17) is 4.74 Å². The third-order valence-corrected chi connectivity index (χ3v) is 9.88. The Morgan fingerprint density at radius 1 is 0.556 bits per heavy atom. The molecule has 0 aromatic heterocycles. The van der Waals surface area contributed by atoms with Crippen LogP contribution in [0.25, 0.3) is 0 Å². The van der Waals surface area contributed by atoms with Crippen molar-refractivity contribution in [3.63, 3.8) is 0 Å². The van der Waals surface area contributed by atoms with Gasteiger partial charge in [-0.25, -0.2) is 0 Å². The highest BCUT2D eigenvalue weighted by Gasteiger charge is 2.28. The topological polar surface area (TPSA) is 32.7 Å². The molecule has 0 heterocycles. The minimum absolute atomic E-state index is 0.0900. The fourth-order valence-electron chi connectivity index (χ4n) is 4.40. The summed E-state index contributed by atoms with van der Waals surface area (Å²) in [5.41, 5.74) is 2.11. The molecule has 5 rings (SSSR count). The van der Waals surface area contributed by atoms with Crippen molar-refractivity contribution in [1.82, 2.24) is 0 Å². The summed E-state index contributed by atoms with van der Waals surface area (Å²) in [6.45, 7) is 0. The second-order valence-electron chi connectivity index (χ2n) is 8.46. The van der Waals surface area contributed by atoms with Crippen LogP contribution in [-0.2, 0) is 0 Å². The molecule has 5 aromatic rings. The normalized spacial score (nSPS) is 11.0. The van der Waals surface area contributed by atoms with E-state index < -0.39 is 7.05 Å². The van der Waals surface area contributed by atoms with Gasteiger partial charge in [0.2, 0.25) is 0 Å². The van der Waals surface area contributed by atoms with Crippen molar-refractivity contribution in [2.75, 3.05) is 11.9 Å². The van der Waals surface area contributed by atoms with E-state index in [-0.39, 0.29) is 5.91 Å². The van der Waals surface area contributed by atoms with E-state index in [2.05, 4.69) is 72.8 Å². The van der Waals surface area contributed by atoms with Crippen LogP contribution in [0.1, 0.15) is 10.4 Å². The van der Waals surface area contributed by atoms with Gasteiger partial charge in [0, 0.05) is 28.6 Å². The Kier molecular flexibility index (Phi) is 6.93. The van der Waals surface area contributed by atoms with Crippen LogP contribution in [0.5, 0.6) is 0 Å². The predicted molar refractivity (Wildman–Crippen MR) is 153 cm³/mol. The standard InChI is InChI=1S/C32H27N2OP/c1-34(26-16-6-2-7-17-26)32(35)30-24-14-15-25-31(30)33-36(27-18-8-3-9-19-27,28-20-10-4-11-21-28)29-22-12-5-13-23-29/h2-25H,1H3. The number of anilines is 1. The van der Waals surface area contributed by atoms with Crippen LogP contribution >= 0.6 is 7.05 Å². The molecule has 0 spiro atoms. The molecule has 176 valence electrons. The van der Waals surface area contributed by atoms with E-state index >= 15 is 0 Å². The second kappa shape index (κ2) is 10.6. The SMILES string of the molecule is CN(C(=O)c1ccccc1N=P(c1ccccc1)(c1ccccc1)c1ccccc1)c1ccccc1. The van der Waals surface area contributed by atoms with Crippen molar-refractivity contribution in [1.29, 1.82) is 0 Å². The van der Waals surface area contributed by atoms with Crippen LogP contribution in [-0.4, -0.2) is 13.0 Å². The van der Waals surface area contributed by atoms with E-state index in [0.717, 1.165) is 21.6 Å². The first-order chi connectivity index (χ1) is 17.7. The third kappa shape index (κ3) is 4.54. The Morgan fingerprint density at radius 3 is 1.42 bits per heavy atom. The van der Waals surface area contributed by atoms with Gasteiger partial charge in [-0.15, -0.1) is 0 Å². The van der Waals surface area contributed by atoms with Crippen LogP contribution in [0.15, 0.2) is 150 Å². The van der Waals surface area contributed by atoms with Crippen molar-refractivity contribution in [3.8, 4) is 0 Å².